The van der Waals surface area contributed by atoms with Gasteiger partial charge < -0.3 is 4.74 Å². The van der Waals surface area contributed by atoms with Crippen molar-refractivity contribution >= 4 is 22.6 Å². The maximum atomic E-state index is 6.42. The van der Waals surface area contributed by atoms with E-state index in [4.69, 9.17) is 4.74 Å². The van der Waals surface area contributed by atoms with Crippen molar-refractivity contribution in [2.75, 3.05) is 31.5 Å². The first kappa shape index (κ1) is 14.2. The highest BCUT2D eigenvalue weighted by Gasteiger charge is 2.50. The largest absolute Gasteiger partial charge is 0.457 e. The number of nitrogens with one attached hydrogen (secondary N) is 1. The summed E-state index contributed by atoms with van der Waals surface area (Å²) in [7, 11) is 0. The second-order valence-electron chi connectivity index (χ2n) is 7.20. The van der Waals surface area contributed by atoms with Gasteiger partial charge in [-0.2, -0.15) is 0 Å². The van der Waals surface area contributed by atoms with Gasteiger partial charge in [-0.05, 0) is 37.4 Å². The standard InChI is InChI=1S/C19H22N4O/c1-2-4-15-12-21-17(11-14(15)3-1)22-18-20-8-7-19(24-18)13-23-9-5-16(19)6-10-23/h1-4,11-12,16H,5-10,13H2,(H,20,21,22). The number of fused-ring (bicyclic) bond motifs is 3. The molecule has 4 aliphatic rings. The van der Waals surface area contributed by atoms with Crippen LogP contribution in [-0.4, -0.2) is 47.7 Å². The molecule has 2 aromatic rings. The van der Waals surface area contributed by atoms with Gasteiger partial charge in [-0.15, -0.1) is 0 Å². The number of aliphatic imine (C=N–C) groups is 1. The Bertz CT molecular complexity index is 797. The molecule has 1 aromatic heterocycles. The van der Waals surface area contributed by atoms with Gasteiger partial charge in [0, 0.05) is 37.0 Å². The van der Waals surface area contributed by atoms with Crippen LogP contribution in [0.3, 0.4) is 0 Å². The Morgan fingerprint density at radius 1 is 1.17 bits per heavy atom. The molecule has 4 aliphatic heterocycles. The summed E-state index contributed by atoms with van der Waals surface area (Å²) in [5, 5.41) is 5.61. The predicted octanol–water partition coefficient (Wildman–Crippen LogP) is 2.89. The maximum Gasteiger partial charge on any atom is 0.290 e. The number of benzene rings is 1. The van der Waals surface area contributed by atoms with E-state index in [9.17, 15) is 0 Å². The number of aromatic nitrogens is 1. The van der Waals surface area contributed by atoms with Gasteiger partial charge in [-0.1, -0.05) is 24.3 Å². The molecule has 5 nitrogen and oxygen atoms in total. The quantitative estimate of drug-likeness (QED) is 0.877. The van der Waals surface area contributed by atoms with Gasteiger partial charge in [0.2, 0.25) is 0 Å². The predicted molar refractivity (Wildman–Crippen MR) is 95.3 cm³/mol. The average Bonchev–Trinajstić information content (AvgIpc) is 2.62. The van der Waals surface area contributed by atoms with Crippen LogP contribution in [0.5, 0.6) is 0 Å². The third-order valence-corrected chi connectivity index (χ3v) is 5.78. The summed E-state index contributed by atoms with van der Waals surface area (Å²) in [6.45, 7) is 4.33. The van der Waals surface area contributed by atoms with E-state index >= 15 is 0 Å². The number of amidine groups is 1. The number of hydrogen-bond donors (Lipinski definition) is 1. The van der Waals surface area contributed by atoms with E-state index in [1.54, 1.807) is 0 Å². The van der Waals surface area contributed by atoms with E-state index in [0.29, 0.717) is 11.9 Å². The molecule has 0 aliphatic carbocycles. The highest BCUT2D eigenvalue weighted by Crippen LogP contribution is 2.42. The van der Waals surface area contributed by atoms with Crippen molar-refractivity contribution < 1.29 is 4.74 Å². The van der Waals surface area contributed by atoms with Crippen molar-refractivity contribution in [2.24, 2.45) is 10.9 Å². The molecule has 1 spiro atoms. The lowest BCUT2D eigenvalue weighted by Gasteiger charge is -2.53. The van der Waals surface area contributed by atoms with Gasteiger partial charge in [0.1, 0.15) is 11.4 Å². The molecule has 3 saturated heterocycles. The maximum absolute atomic E-state index is 6.42. The average molecular weight is 322 g/mol. The summed E-state index contributed by atoms with van der Waals surface area (Å²) in [6, 6.07) is 10.9. The summed E-state index contributed by atoms with van der Waals surface area (Å²) < 4.78 is 6.42. The highest BCUT2D eigenvalue weighted by molar-refractivity contribution is 5.92. The summed E-state index contributed by atoms with van der Waals surface area (Å²) >= 11 is 0. The van der Waals surface area contributed by atoms with Crippen LogP contribution < -0.4 is 5.32 Å². The number of piperidine rings is 3. The monoisotopic (exact) mass is 322 g/mol. The Kier molecular flexibility index (Phi) is 3.23. The lowest BCUT2D eigenvalue weighted by Crippen LogP contribution is -2.62. The fourth-order valence-corrected chi connectivity index (χ4v) is 4.47. The zero-order valence-electron chi connectivity index (χ0n) is 13.7. The van der Waals surface area contributed by atoms with Crippen LogP contribution in [0, 0.1) is 5.92 Å². The van der Waals surface area contributed by atoms with Gasteiger partial charge in [0.25, 0.3) is 6.02 Å². The highest BCUT2D eigenvalue weighted by atomic mass is 16.5. The number of ether oxygens (including phenoxy) is 1. The Labute approximate surface area is 141 Å². The normalized spacial score (nSPS) is 31.8. The van der Waals surface area contributed by atoms with Crippen molar-refractivity contribution in [1.29, 1.82) is 0 Å². The number of rotatable bonds is 1. The minimum atomic E-state index is -0.0442. The first-order valence-electron chi connectivity index (χ1n) is 8.88. The topological polar surface area (TPSA) is 49.8 Å². The van der Waals surface area contributed by atoms with Crippen LogP contribution in [-0.2, 0) is 4.74 Å². The third kappa shape index (κ3) is 2.35. The zero-order valence-corrected chi connectivity index (χ0v) is 13.7. The molecule has 1 aromatic carbocycles. The van der Waals surface area contributed by atoms with Crippen molar-refractivity contribution in [3.8, 4) is 0 Å². The molecule has 1 atom stereocenters. The Morgan fingerprint density at radius 3 is 2.79 bits per heavy atom. The first-order chi connectivity index (χ1) is 11.8. The SMILES string of the molecule is c1ccc2cc(NC3=NCCC4(CN5CCC4CC5)O3)ncc2c1. The lowest BCUT2D eigenvalue weighted by molar-refractivity contribution is -0.109. The molecule has 0 saturated carbocycles. The van der Waals surface area contributed by atoms with Gasteiger partial charge in [-0.3, -0.25) is 10.2 Å². The molecule has 6 rings (SSSR count). The van der Waals surface area contributed by atoms with Crippen molar-refractivity contribution in [3.63, 3.8) is 0 Å². The summed E-state index contributed by atoms with van der Waals surface area (Å²) in [6.07, 6.45) is 5.43. The molecule has 0 radical (unpaired) electrons. The summed E-state index contributed by atoms with van der Waals surface area (Å²) in [5.74, 6) is 1.46. The molecule has 5 heteroatoms. The van der Waals surface area contributed by atoms with Crippen molar-refractivity contribution in [1.82, 2.24) is 9.88 Å². The number of hydrogen-bond acceptors (Lipinski definition) is 5. The molecule has 24 heavy (non-hydrogen) atoms. The molecule has 2 bridgehead atoms. The van der Waals surface area contributed by atoms with Crippen molar-refractivity contribution in [2.45, 2.75) is 24.9 Å². The van der Waals surface area contributed by atoms with Crippen LogP contribution in [0.4, 0.5) is 5.82 Å². The zero-order chi connectivity index (χ0) is 16.0. The second-order valence-corrected chi connectivity index (χ2v) is 7.20. The van der Waals surface area contributed by atoms with Crippen LogP contribution in [0.25, 0.3) is 10.8 Å². The fourth-order valence-electron chi connectivity index (χ4n) is 4.47. The molecule has 3 fully saturated rings. The van der Waals surface area contributed by atoms with E-state index < -0.39 is 0 Å². The van der Waals surface area contributed by atoms with Gasteiger partial charge in [0.15, 0.2) is 0 Å². The smallest absolute Gasteiger partial charge is 0.290 e. The van der Waals surface area contributed by atoms with E-state index in [1.807, 2.05) is 18.3 Å². The third-order valence-electron chi connectivity index (χ3n) is 5.78. The Morgan fingerprint density at radius 2 is 2.00 bits per heavy atom. The Balaban J connectivity index is 1.38. The molecular formula is C19H22N4O. The molecular weight excluding hydrogens is 300 g/mol. The van der Waals surface area contributed by atoms with Gasteiger partial charge in [0.05, 0.1) is 0 Å². The lowest BCUT2D eigenvalue weighted by atomic mass is 9.73. The molecule has 1 unspecified atom stereocenters. The second kappa shape index (κ2) is 5.45. The van der Waals surface area contributed by atoms with Crippen LogP contribution in [0.2, 0.25) is 0 Å². The van der Waals surface area contributed by atoms with Crippen LogP contribution in [0.1, 0.15) is 19.3 Å². The Hall–Kier alpha value is -2.14. The minimum Gasteiger partial charge on any atom is -0.457 e. The van der Waals surface area contributed by atoms with E-state index in [1.165, 1.54) is 31.3 Å². The van der Waals surface area contributed by atoms with E-state index in [-0.39, 0.29) is 5.60 Å². The number of pyridine rings is 1. The summed E-state index contributed by atoms with van der Waals surface area (Å²) in [4.78, 5) is 11.6. The van der Waals surface area contributed by atoms with E-state index in [0.717, 1.165) is 30.7 Å². The van der Waals surface area contributed by atoms with Gasteiger partial charge >= 0.3 is 0 Å². The summed E-state index contributed by atoms with van der Waals surface area (Å²) in [5.41, 5.74) is -0.0442. The van der Waals surface area contributed by atoms with Gasteiger partial charge in [-0.25, -0.2) is 9.98 Å². The number of anilines is 1. The van der Waals surface area contributed by atoms with Crippen LogP contribution in [0.15, 0.2) is 41.5 Å². The van der Waals surface area contributed by atoms with Crippen LogP contribution >= 0.6 is 0 Å². The first-order valence-corrected chi connectivity index (χ1v) is 8.88. The molecule has 1 N–H and O–H groups in total. The molecule has 0 amide bonds. The molecule has 124 valence electrons. The van der Waals surface area contributed by atoms with Crippen molar-refractivity contribution in [3.05, 3.63) is 36.5 Å². The number of nitrogens with zero attached hydrogens (tertiary/aromatic N) is 3. The van der Waals surface area contributed by atoms with E-state index in [2.05, 4.69) is 38.4 Å². The molecule has 5 heterocycles. The fraction of sp³-hybridized carbons (Fsp3) is 0.474. The minimum absolute atomic E-state index is 0.0442.